The lowest BCUT2D eigenvalue weighted by atomic mass is 10.2. The number of carbonyl (C=O) groups excluding carboxylic acids is 1. The number of aromatic nitrogens is 1. The molecular formula is C13H8BrIN2O3. The molecule has 0 aliphatic rings. The van der Waals surface area contributed by atoms with Gasteiger partial charge < -0.3 is 10.4 Å². The summed E-state index contributed by atoms with van der Waals surface area (Å²) in [7, 11) is 0. The summed E-state index contributed by atoms with van der Waals surface area (Å²) in [5.74, 6) is -1.30. The van der Waals surface area contributed by atoms with Crippen molar-refractivity contribution in [3.8, 4) is 0 Å². The molecule has 0 radical (unpaired) electrons. The van der Waals surface area contributed by atoms with Crippen LogP contribution in [0.15, 0.2) is 40.9 Å². The molecule has 1 heterocycles. The van der Waals surface area contributed by atoms with Gasteiger partial charge in [-0.3, -0.25) is 4.79 Å². The van der Waals surface area contributed by atoms with Crippen LogP contribution in [-0.4, -0.2) is 22.0 Å². The van der Waals surface area contributed by atoms with E-state index in [2.05, 4.69) is 48.8 Å². The van der Waals surface area contributed by atoms with Crippen LogP contribution in [0.5, 0.6) is 0 Å². The summed E-state index contributed by atoms with van der Waals surface area (Å²) in [5.41, 5.74) is 0.337. The van der Waals surface area contributed by atoms with Gasteiger partial charge in [0.05, 0.1) is 5.56 Å². The van der Waals surface area contributed by atoms with Crippen LogP contribution in [0.4, 0.5) is 5.82 Å². The van der Waals surface area contributed by atoms with E-state index < -0.39 is 5.97 Å². The lowest BCUT2D eigenvalue weighted by Crippen LogP contribution is -2.15. The molecule has 0 aliphatic heterocycles. The summed E-state index contributed by atoms with van der Waals surface area (Å²) in [5, 5.41) is 11.4. The highest BCUT2D eigenvalue weighted by Crippen LogP contribution is 2.20. The summed E-state index contributed by atoms with van der Waals surface area (Å²) < 4.78 is 1.58. The molecule has 0 aliphatic carbocycles. The van der Waals surface area contributed by atoms with Gasteiger partial charge in [0, 0.05) is 8.04 Å². The molecule has 2 rings (SSSR count). The average molecular weight is 447 g/mol. The average Bonchev–Trinajstić information content (AvgIpc) is 2.41. The van der Waals surface area contributed by atoms with E-state index in [9.17, 15) is 9.59 Å². The van der Waals surface area contributed by atoms with Crippen molar-refractivity contribution in [2.45, 2.75) is 0 Å². The van der Waals surface area contributed by atoms with Gasteiger partial charge in [0.25, 0.3) is 5.91 Å². The van der Waals surface area contributed by atoms with Crippen LogP contribution in [0.3, 0.4) is 0 Å². The molecular weight excluding hydrogens is 439 g/mol. The molecule has 0 atom stereocenters. The van der Waals surface area contributed by atoms with Gasteiger partial charge in [-0.2, -0.15) is 0 Å². The largest absolute Gasteiger partial charge is 0.477 e. The van der Waals surface area contributed by atoms with E-state index in [1.54, 1.807) is 12.1 Å². The monoisotopic (exact) mass is 446 g/mol. The topological polar surface area (TPSA) is 79.3 Å². The number of anilines is 1. The van der Waals surface area contributed by atoms with Gasteiger partial charge in [-0.15, -0.1) is 0 Å². The first-order valence-electron chi connectivity index (χ1n) is 5.44. The van der Waals surface area contributed by atoms with Crippen LogP contribution in [-0.2, 0) is 0 Å². The lowest BCUT2D eigenvalue weighted by Gasteiger charge is -2.07. The third-order valence-corrected chi connectivity index (χ3v) is 3.75. The molecule has 0 bridgehead atoms. The Balaban J connectivity index is 2.25. The van der Waals surface area contributed by atoms with Crippen LogP contribution >= 0.6 is 38.5 Å². The SMILES string of the molecule is O=C(O)c1cccc(NC(=O)c2cc(I)ccc2Br)n1. The van der Waals surface area contributed by atoms with E-state index in [-0.39, 0.29) is 17.4 Å². The van der Waals surface area contributed by atoms with E-state index >= 15 is 0 Å². The van der Waals surface area contributed by atoms with Crippen molar-refractivity contribution in [3.63, 3.8) is 0 Å². The van der Waals surface area contributed by atoms with E-state index in [1.807, 2.05) is 6.07 Å². The fourth-order valence-corrected chi connectivity index (χ4v) is 2.40. The Bertz CT molecular complexity index is 691. The third kappa shape index (κ3) is 3.54. The molecule has 1 amide bonds. The predicted octanol–water partition coefficient (Wildman–Crippen LogP) is 3.40. The van der Waals surface area contributed by atoms with Crippen molar-refractivity contribution in [1.29, 1.82) is 0 Å². The standard InChI is InChI=1S/C13H8BrIN2O3/c14-9-5-4-7(15)6-8(9)12(18)17-11-3-1-2-10(16-11)13(19)20/h1-6H,(H,19,20)(H,16,17,18). The van der Waals surface area contributed by atoms with Crippen LogP contribution in [0.25, 0.3) is 0 Å². The second kappa shape index (κ2) is 6.31. The zero-order valence-corrected chi connectivity index (χ0v) is 13.7. The Morgan fingerprint density at radius 3 is 2.70 bits per heavy atom. The van der Waals surface area contributed by atoms with E-state index in [1.165, 1.54) is 18.2 Å². The number of carboxylic acid groups (broad SMARTS) is 1. The maximum Gasteiger partial charge on any atom is 0.354 e. The van der Waals surface area contributed by atoms with Crippen molar-refractivity contribution in [2.75, 3.05) is 5.32 Å². The maximum atomic E-state index is 12.1. The summed E-state index contributed by atoms with van der Waals surface area (Å²) in [4.78, 5) is 26.8. The number of carboxylic acids is 1. The van der Waals surface area contributed by atoms with Crippen LogP contribution < -0.4 is 5.32 Å². The van der Waals surface area contributed by atoms with Crippen molar-refractivity contribution in [2.24, 2.45) is 0 Å². The summed E-state index contributed by atoms with van der Waals surface area (Å²) in [6.07, 6.45) is 0. The minimum Gasteiger partial charge on any atom is -0.477 e. The highest BCUT2D eigenvalue weighted by Gasteiger charge is 2.12. The number of rotatable bonds is 3. The molecule has 1 aromatic heterocycles. The molecule has 0 fully saturated rings. The zero-order valence-electron chi connectivity index (χ0n) is 9.93. The Morgan fingerprint density at radius 2 is 2.00 bits per heavy atom. The molecule has 7 heteroatoms. The number of nitrogens with zero attached hydrogens (tertiary/aromatic N) is 1. The number of nitrogens with one attached hydrogen (secondary N) is 1. The van der Waals surface area contributed by atoms with Crippen molar-refractivity contribution < 1.29 is 14.7 Å². The van der Waals surface area contributed by atoms with Gasteiger partial charge in [-0.05, 0) is 68.9 Å². The molecule has 0 saturated heterocycles. The molecule has 102 valence electrons. The van der Waals surface area contributed by atoms with Gasteiger partial charge in [-0.1, -0.05) is 6.07 Å². The molecule has 0 saturated carbocycles. The first-order chi connectivity index (χ1) is 9.47. The fourth-order valence-electron chi connectivity index (χ4n) is 1.48. The molecule has 2 aromatic rings. The zero-order chi connectivity index (χ0) is 14.7. The first-order valence-corrected chi connectivity index (χ1v) is 7.31. The minimum atomic E-state index is -1.14. The molecule has 0 spiro atoms. The van der Waals surface area contributed by atoms with Gasteiger partial charge in [-0.25, -0.2) is 9.78 Å². The molecule has 20 heavy (non-hydrogen) atoms. The highest BCUT2D eigenvalue weighted by molar-refractivity contribution is 14.1. The van der Waals surface area contributed by atoms with Crippen molar-refractivity contribution in [1.82, 2.24) is 4.98 Å². The van der Waals surface area contributed by atoms with Crippen LogP contribution in [0.2, 0.25) is 0 Å². The van der Waals surface area contributed by atoms with E-state index in [0.717, 1.165) is 3.57 Å². The normalized spacial score (nSPS) is 10.1. The number of hydrogen-bond acceptors (Lipinski definition) is 3. The van der Waals surface area contributed by atoms with Gasteiger partial charge >= 0.3 is 5.97 Å². The van der Waals surface area contributed by atoms with Gasteiger partial charge in [0.1, 0.15) is 5.82 Å². The summed E-state index contributed by atoms with van der Waals surface area (Å²) in [6, 6.07) is 9.78. The fraction of sp³-hybridized carbons (Fsp3) is 0. The Labute approximate surface area is 136 Å². The smallest absolute Gasteiger partial charge is 0.354 e. The molecule has 5 nitrogen and oxygen atoms in total. The van der Waals surface area contributed by atoms with Crippen molar-refractivity contribution in [3.05, 3.63) is 55.7 Å². The van der Waals surface area contributed by atoms with Crippen LogP contribution in [0, 0.1) is 3.57 Å². The third-order valence-electron chi connectivity index (χ3n) is 2.38. The first kappa shape index (κ1) is 14.9. The minimum absolute atomic E-state index is 0.121. The number of hydrogen-bond donors (Lipinski definition) is 2. The molecule has 0 unspecified atom stereocenters. The van der Waals surface area contributed by atoms with E-state index in [4.69, 9.17) is 5.11 Å². The second-order valence-corrected chi connectivity index (χ2v) is 5.89. The summed E-state index contributed by atoms with van der Waals surface area (Å²) in [6.45, 7) is 0. The number of halogens is 2. The molecule has 2 N–H and O–H groups in total. The van der Waals surface area contributed by atoms with Crippen LogP contribution in [0.1, 0.15) is 20.8 Å². The molecule has 1 aromatic carbocycles. The Morgan fingerprint density at radius 1 is 1.25 bits per heavy atom. The number of benzene rings is 1. The predicted molar refractivity (Wildman–Crippen MR) is 86.0 cm³/mol. The Kier molecular flexibility index (Phi) is 4.71. The number of aromatic carboxylic acids is 1. The van der Waals surface area contributed by atoms with E-state index in [0.29, 0.717) is 10.0 Å². The maximum absolute atomic E-state index is 12.1. The number of pyridine rings is 1. The lowest BCUT2D eigenvalue weighted by molar-refractivity contribution is 0.0690. The van der Waals surface area contributed by atoms with Gasteiger partial charge in [0.2, 0.25) is 0 Å². The quantitative estimate of drug-likeness (QED) is 0.708. The van der Waals surface area contributed by atoms with Crippen molar-refractivity contribution >= 4 is 56.2 Å². The summed E-state index contributed by atoms with van der Waals surface area (Å²) >= 11 is 5.41. The second-order valence-electron chi connectivity index (χ2n) is 3.79. The Hall–Kier alpha value is -1.48. The number of amides is 1. The number of carbonyl (C=O) groups is 2. The van der Waals surface area contributed by atoms with Gasteiger partial charge in [0.15, 0.2) is 5.69 Å². The highest BCUT2D eigenvalue weighted by atomic mass is 127.